The highest BCUT2D eigenvalue weighted by atomic mass is 16.2. The number of nitrogens with zero attached hydrogens (tertiary/aromatic N) is 1. The van der Waals surface area contributed by atoms with Crippen LogP contribution in [0.5, 0.6) is 0 Å². The number of rotatable bonds is 5. The van der Waals surface area contributed by atoms with Crippen molar-refractivity contribution in [3.8, 4) is 0 Å². The van der Waals surface area contributed by atoms with Gasteiger partial charge in [-0.15, -0.1) is 0 Å². The van der Waals surface area contributed by atoms with Gasteiger partial charge in [0.1, 0.15) is 0 Å². The summed E-state index contributed by atoms with van der Waals surface area (Å²) in [4.78, 5) is 23.5. The normalized spacial score (nSPS) is 19.7. The Bertz CT molecular complexity index is 540. The Hall–Kier alpha value is -2.17. The zero-order chi connectivity index (χ0) is 15.8. The maximum absolute atomic E-state index is 11.7. The molecule has 0 spiro atoms. The van der Waals surface area contributed by atoms with Crippen molar-refractivity contribution >= 4 is 23.2 Å². The largest absolute Gasteiger partial charge is 0.326 e. The van der Waals surface area contributed by atoms with Crippen LogP contribution in [0.4, 0.5) is 5.69 Å². The van der Waals surface area contributed by atoms with E-state index in [1.165, 1.54) is 6.42 Å². The molecule has 0 heterocycles. The Morgan fingerprint density at radius 1 is 1.18 bits per heavy atom. The van der Waals surface area contributed by atoms with Crippen LogP contribution in [-0.2, 0) is 9.59 Å². The molecule has 5 heteroatoms. The number of para-hydroxylation sites is 1. The van der Waals surface area contributed by atoms with Gasteiger partial charge in [-0.1, -0.05) is 25.1 Å². The number of carbonyl (C=O) groups is 2. The Kier molecular flexibility index (Phi) is 6.13. The minimum absolute atomic E-state index is 0.144. The zero-order valence-corrected chi connectivity index (χ0v) is 13.0. The lowest BCUT2D eigenvalue weighted by atomic mass is 9.89. The third-order valence-electron chi connectivity index (χ3n) is 3.72. The smallest absolute Gasteiger partial charge is 0.240 e. The summed E-state index contributed by atoms with van der Waals surface area (Å²) < 4.78 is 0. The molecule has 1 saturated carbocycles. The lowest BCUT2D eigenvalue weighted by Gasteiger charge is -2.18. The van der Waals surface area contributed by atoms with Crippen LogP contribution in [0.25, 0.3) is 0 Å². The van der Waals surface area contributed by atoms with Crippen molar-refractivity contribution in [2.75, 3.05) is 5.32 Å². The van der Waals surface area contributed by atoms with Crippen molar-refractivity contribution < 1.29 is 9.59 Å². The van der Waals surface area contributed by atoms with Crippen LogP contribution >= 0.6 is 0 Å². The predicted octanol–water partition coefficient (Wildman–Crippen LogP) is 3.09. The summed E-state index contributed by atoms with van der Waals surface area (Å²) in [7, 11) is 0. The van der Waals surface area contributed by atoms with Crippen molar-refractivity contribution in [2.24, 2.45) is 11.0 Å². The molecule has 5 nitrogen and oxygen atoms in total. The van der Waals surface area contributed by atoms with Gasteiger partial charge in [0.05, 0.1) is 0 Å². The fourth-order valence-electron chi connectivity index (χ4n) is 2.53. The van der Waals surface area contributed by atoms with E-state index in [0.717, 1.165) is 30.7 Å². The molecule has 1 aromatic carbocycles. The molecule has 2 N–H and O–H groups in total. The van der Waals surface area contributed by atoms with Crippen LogP contribution in [-0.4, -0.2) is 17.5 Å². The first kappa shape index (κ1) is 16.2. The first-order valence-corrected chi connectivity index (χ1v) is 7.82. The maximum Gasteiger partial charge on any atom is 0.240 e. The van der Waals surface area contributed by atoms with E-state index in [-0.39, 0.29) is 24.7 Å². The zero-order valence-electron chi connectivity index (χ0n) is 13.0. The number of hydrogen-bond donors (Lipinski definition) is 2. The van der Waals surface area contributed by atoms with E-state index in [9.17, 15) is 9.59 Å². The van der Waals surface area contributed by atoms with Gasteiger partial charge in [-0.05, 0) is 43.7 Å². The van der Waals surface area contributed by atoms with Crippen LogP contribution in [0.3, 0.4) is 0 Å². The molecule has 22 heavy (non-hydrogen) atoms. The molecule has 1 aromatic rings. The monoisotopic (exact) mass is 301 g/mol. The van der Waals surface area contributed by atoms with Crippen LogP contribution < -0.4 is 10.7 Å². The Balaban J connectivity index is 1.69. The molecule has 118 valence electrons. The van der Waals surface area contributed by atoms with Gasteiger partial charge in [0.15, 0.2) is 0 Å². The van der Waals surface area contributed by atoms with E-state index < -0.39 is 0 Å². The number of carbonyl (C=O) groups excluding carboxylic acids is 2. The lowest BCUT2D eigenvalue weighted by Crippen LogP contribution is -2.23. The lowest BCUT2D eigenvalue weighted by molar-refractivity contribution is -0.124. The van der Waals surface area contributed by atoms with Crippen molar-refractivity contribution in [3.63, 3.8) is 0 Å². The molecule has 1 aliphatic carbocycles. The van der Waals surface area contributed by atoms with E-state index in [1.54, 1.807) is 0 Å². The van der Waals surface area contributed by atoms with E-state index in [1.807, 2.05) is 30.3 Å². The average Bonchev–Trinajstić information content (AvgIpc) is 2.52. The molecule has 0 bridgehead atoms. The van der Waals surface area contributed by atoms with Gasteiger partial charge < -0.3 is 5.32 Å². The van der Waals surface area contributed by atoms with Crippen LogP contribution in [0, 0.1) is 5.92 Å². The standard InChI is InChI=1S/C17H23N3O2/c1-13-6-5-9-15(12-13)19-20-17(22)11-10-16(21)18-14-7-3-2-4-8-14/h2-4,7-8,13H,5-6,9-12H2,1H3,(H,18,21)(H,20,22)/b19-15-/t13-/m1/s1. The highest BCUT2D eigenvalue weighted by Crippen LogP contribution is 2.20. The van der Waals surface area contributed by atoms with Crippen LogP contribution in [0.15, 0.2) is 35.4 Å². The van der Waals surface area contributed by atoms with Gasteiger partial charge in [-0.3, -0.25) is 9.59 Å². The van der Waals surface area contributed by atoms with Gasteiger partial charge in [0.2, 0.25) is 11.8 Å². The summed E-state index contributed by atoms with van der Waals surface area (Å²) in [5.74, 6) is 0.260. The molecule has 0 aromatic heterocycles. The average molecular weight is 301 g/mol. The summed E-state index contributed by atoms with van der Waals surface area (Å²) in [6, 6.07) is 9.21. The number of amides is 2. The van der Waals surface area contributed by atoms with Gasteiger partial charge >= 0.3 is 0 Å². The third-order valence-corrected chi connectivity index (χ3v) is 3.72. The molecule has 0 unspecified atom stereocenters. The molecule has 0 saturated heterocycles. The second kappa shape index (κ2) is 8.32. The van der Waals surface area contributed by atoms with Crippen molar-refractivity contribution in [1.82, 2.24) is 5.43 Å². The molecule has 0 radical (unpaired) electrons. The molecule has 2 amide bonds. The number of benzene rings is 1. The first-order chi connectivity index (χ1) is 10.6. The number of hydrogen-bond acceptors (Lipinski definition) is 3. The Labute approximate surface area is 131 Å². The summed E-state index contributed by atoms with van der Waals surface area (Å²) in [5.41, 5.74) is 4.36. The molecule has 2 rings (SSSR count). The molecule has 1 fully saturated rings. The van der Waals surface area contributed by atoms with E-state index in [0.29, 0.717) is 5.92 Å². The van der Waals surface area contributed by atoms with Gasteiger partial charge in [-0.2, -0.15) is 5.10 Å². The van der Waals surface area contributed by atoms with Crippen molar-refractivity contribution in [1.29, 1.82) is 0 Å². The van der Waals surface area contributed by atoms with Gasteiger partial charge in [-0.25, -0.2) is 5.43 Å². The van der Waals surface area contributed by atoms with Crippen molar-refractivity contribution in [3.05, 3.63) is 30.3 Å². The SMILES string of the molecule is C[C@@H]1CCC/C(=N/NC(=O)CCC(=O)Nc2ccccc2)C1. The summed E-state index contributed by atoms with van der Waals surface area (Å²) >= 11 is 0. The van der Waals surface area contributed by atoms with Crippen LogP contribution in [0.1, 0.15) is 45.4 Å². The van der Waals surface area contributed by atoms with E-state index in [4.69, 9.17) is 0 Å². The number of nitrogens with one attached hydrogen (secondary N) is 2. The van der Waals surface area contributed by atoms with Gasteiger partial charge in [0, 0.05) is 24.2 Å². The second-order valence-electron chi connectivity index (χ2n) is 5.83. The third kappa shape index (κ3) is 5.68. The number of anilines is 1. The highest BCUT2D eigenvalue weighted by molar-refractivity contribution is 5.93. The minimum Gasteiger partial charge on any atom is -0.326 e. The predicted molar refractivity (Wildman–Crippen MR) is 87.5 cm³/mol. The number of hydrazone groups is 1. The summed E-state index contributed by atoms with van der Waals surface area (Å²) in [6.45, 7) is 2.20. The molecule has 1 atom stereocenters. The quantitative estimate of drug-likeness (QED) is 0.820. The highest BCUT2D eigenvalue weighted by Gasteiger charge is 2.14. The second-order valence-corrected chi connectivity index (χ2v) is 5.83. The van der Waals surface area contributed by atoms with Crippen molar-refractivity contribution in [2.45, 2.75) is 45.4 Å². The summed E-state index contributed by atoms with van der Waals surface area (Å²) in [6.07, 6.45) is 4.57. The summed E-state index contributed by atoms with van der Waals surface area (Å²) in [5, 5.41) is 6.93. The molecular formula is C17H23N3O2. The van der Waals surface area contributed by atoms with Crippen LogP contribution in [0.2, 0.25) is 0 Å². The fourth-order valence-corrected chi connectivity index (χ4v) is 2.53. The molecule has 0 aliphatic heterocycles. The first-order valence-electron chi connectivity index (χ1n) is 7.82. The Morgan fingerprint density at radius 3 is 2.64 bits per heavy atom. The molecular weight excluding hydrogens is 278 g/mol. The maximum atomic E-state index is 11.7. The fraction of sp³-hybridized carbons (Fsp3) is 0.471. The minimum atomic E-state index is -0.214. The van der Waals surface area contributed by atoms with E-state index >= 15 is 0 Å². The van der Waals surface area contributed by atoms with E-state index in [2.05, 4.69) is 22.8 Å². The Morgan fingerprint density at radius 2 is 1.91 bits per heavy atom. The molecule has 1 aliphatic rings. The topological polar surface area (TPSA) is 70.6 Å². The van der Waals surface area contributed by atoms with Gasteiger partial charge in [0.25, 0.3) is 0 Å².